The number of carboxylic acids is 1. The van der Waals surface area contributed by atoms with E-state index in [1.165, 1.54) is 26.2 Å². The third kappa shape index (κ3) is 15.8. The van der Waals surface area contributed by atoms with Crippen LogP contribution >= 0.6 is 0 Å². The number of aromatic nitrogens is 2. The maximum Gasteiger partial charge on any atom is 0.416 e. The van der Waals surface area contributed by atoms with Crippen molar-refractivity contribution in [3.05, 3.63) is 191 Å². The number of nitrogens with zero attached hydrogens (tertiary/aromatic N) is 4. The predicted molar refractivity (Wildman–Crippen MR) is 292 cm³/mol. The summed E-state index contributed by atoms with van der Waals surface area (Å²) >= 11 is 0. The minimum atomic E-state index is -1.16. The second kappa shape index (κ2) is 27.0. The first-order valence-electron chi connectivity index (χ1n) is 25.1. The number of rotatable bonds is 20. The highest BCUT2D eigenvalue weighted by atomic mass is 16.6. The molecule has 6 aromatic carbocycles. The van der Waals surface area contributed by atoms with Crippen LogP contribution in [0.4, 0.5) is 9.59 Å². The Morgan fingerprint density at radius 2 is 0.886 bits per heavy atom. The molecule has 410 valence electrons. The summed E-state index contributed by atoms with van der Waals surface area (Å²) in [5.41, 5.74) is 7.00. The van der Waals surface area contributed by atoms with Crippen molar-refractivity contribution in [2.24, 2.45) is 0 Å². The Kier molecular flexibility index (Phi) is 19.5. The van der Waals surface area contributed by atoms with E-state index < -0.39 is 42.8 Å². The Labute approximate surface area is 458 Å². The second-order valence-electron chi connectivity index (χ2n) is 18.2. The number of carboxylic acid groups (broad SMARTS) is 1. The van der Waals surface area contributed by atoms with E-state index in [-0.39, 0.29) is 25.5 Å². The lowest BCUT2D eigenvalue weighted by atomic mass is 10.1. The Hall–Kier alpha value is -9.58. The summed E-state index contributed by atoms with van der Waals surface area (Å²) in [4.78, 5) is 61.2. The standard InChI is InChI=1S/C31H32N2O7.C30H30N2O7/c1-20-9-11-24(12-10-20)30-32-28(22(3)39-30)19-38-25-15-13-23(14-16-25)21(2)33(18-29(34)37-5)31(35)40-27-8-6-7-26(17-27)36-4;1-19-8-10-23(11-9-19)29-31-27(21(3)38-29)18-37-24-14-12-22(13-15-24)20(2)32(17-28(33)34)30(35)39-26-7-5-6-25(16-26)36-4/h6-17,21H,18-19H2,1-5H3;5-16,20H,17-18H2,1-4H3,(H,33,34)/t21-;20-/m00/s1. The molecular weight excluding hydrogens is 1010 g/mol. The molecule has 1 N–H and O–H groups in total. The summed E-state index contributed by atoms with van der Waals surface area (Å²) in [6.07, 6.45) is -1.48. The number of hydrogen-bond donors (Lipinski definition) is 1. The van der Waals surface area contributed by atoms with Crippen molar-refractivity contribution >= 4 is 24.1 Å². The molecule has 0 aliphatic rings. The molecule has 79 heavy (non-hydrogen) atoms. The van der Waals surface area contributed by atoms with Gasteiger partial charge < -0.3 is 47.1 Å². The highest BCUT2D eigenvalue weighted by Crippen LogP contribution is 2.30. The van der Waals surface area contributed by atoms with Crippen LogP contribution in [0.15, 0.2) is 154 Å². The normalized spacial score (nSPS) is 11.5. The van der Waals surface area contributed by atoms with Crippen LogP contribution in [-0.4, -0.2) is 83.4 Å². The summed E-state index contributed by atoms with van der Waals surface area (Å²) in [7, 11) is 4.29. The Bertz CT molecular complexity index is 3320. The van der Waals surface area contributed by atoms with Gasteiger partial charge in [0, 0.05) is 23.3 Å². The van der Waals surface area contributed by atoms with Crippen molar-refractivity contribution in [2.75, 3.05) is 34.4 Å². The van der Waals surface area contributed by atoms with E-state index in [1.54, 1.807) is 98.8 Å². The van der Waals surface area contributed by atoms with Crippen LogP contribution in [0.25, 0.3) is 22.9 Å². The zero-order valence-electron chi connectivity index (χ0n) is 45.4. The van der Waals surface area contributed by atoms with E-state index in [0.717, 1.165) is 32.7 Å². The van der Waals surface area contributed by atoms with E-state index in [1.807, 2.05) is 88.4 Å². The van der Waals surface area contributed by atoms with Gasteiger partial charge in [-0.2, -0.15) is 0 Å². The average molecular weight is 1080 g/mol. The van der Waals surface area contributed by atoms with E-state index >= 15 is 0 Å². The smallest absolute Gasteiger partial charge is 0.416 e. The van der Waals surface area contributed by atoms with Gasteiger partial charge in [0.05, 0.1) is 33.4 Å². The van der Waals surface area contributed by atoms with Crippen LogP contribution in [0.3, 0.4) is 0 Å². The van der Waals surface area contributed by atoms with Gasteiger partial charge >= 0.3 is 24.1 Å². The maximum absolute atomic E-state index is 13.1. The van der Waals surface area contributed by atoms with Gasteiger partial charge in [-0.1, -0.05) is 71.8 Å². The summed E-state index contributed by atoms with van der Waals surface area (Å²) < 4.78 is 49.6. The number of oxazole rings is 2. The number of aryl methyl sites for hydroxylation is 4. The molecule has 0 aliphatic heterocycles. The molecule has 2 heterocycles. The molecule has 0 unspecified atom stereocenters. The molecule has 2 amide bonds. The monoisotopic (exact) mass is 1070 g/mol. The predicted octanol–water partition coefficient (Wildman–Crippen LogP) is 12.5. The number of methoxy groups -OCH3 is 3. The Balaban J connectivity index is 0.000000229. The highest BCUT2D eigenvalue weighted by molar-refractivity contribution is 5.80. The summed E-state index contributed by atoms with van der Waals surface area (Å²) in [5.74, 6) is 3.54. The number of esters is 1. The molecule has 2 atom stereocenters. The molecular formula is C61H62N4O14. The molecule has 2 aromatic heterocycles. The van der Waals surface area contributed by atoms with Gasteiger partial charge in [0.2, 0.25) is 11.8 Å². The van der Waals surface area contributed by atoms with E-state index in [2.05, 4.69) is 9.97 Å². The van der Waals surface area contributed by atoms with Crippen LogP contribution in [0.1, 0.15) is 71.1 Å². The fourth-order valence-corrected chi connectivity index (χ4v) is 7.83. The molecule has 0 bridgehead atoms. The number of carbonyl (C=O) groups excluding carboxylic acids is 3. The van der Waals surface area contributed by atoms with Crippen molar-refractivity contribution in [1.29, 1.82) is 0 Å². The molecule has 18 nitrogen and oxygen atoms in total. The van der Waals surface area contributed by atoms with Crippen molar-refractivity contribution in [2.45, 2.75) is 66.8 Å². The molecule has 0 fully saturated rings. The van der Waals surface area contributed by atoms with Crippen LogP contribution < -0.4 is 28.4 Å². The lowest BCUT2D eigenvalue weighted by Crippen LogP contribution is -2.40. The third-order valence-corrected chi connectivity index (χ3v) is 12.6. The Morgan fingerprint density at radius 3 is 1.25 bits per heavy atom. The van der Waals surface area contributed by atoms with Crippen molar-refractivity contribution in [3.8, 4) is 57.4 Å². The van der Waals surface area contributed by atoms with Gasteiger partial charge in [0.25, 0.3) is 0 Å². The van der Waals surface area contributed by atoms with E-state index in [9.17, 15) is 24.3 Å². The van der Waals surface area contributed by atoms with Crippen LogP contribution in [0.5, 0.6) is 34.5 Å². The van der Waals surface area contributed by atoms with Gasteiger partial charge in [0.15, 0.2) is 0 Å². The maximum atomic E-state index is 13.1. The highest BCUT2D eigenvalue weighted by Gasteiger charge is 2.28. The average Bonchev–Trinajstić information content (AvgIpc) is 4.04. The number of ether oxygens (including phenoxy) is 7. The number of hydrogen-bond acceptors (Lipinski definition) is 15. The van der Waals surface area contributed by atoms with Gasteiger partial charge in [-0.3, -0.25) is 19.4 Å². The quantitative estimate of drug-likeness (QED) is 0.0703. The molecule has 0 saturated heterocycles. The molecule has 0 aliphatic carbocycles. The van der Waals surface area contributed by atoms with E-state index in [4.69, 9.17) is 42.0 Å². The molecule has 0 spiro atoms. The minimum Gasteiger partial charge on any atom is -0.497 e. The van der Waals surface area contributed by atoms with Gasteiger partial charge in [-0.25, -0.2) is 19.6 Å². The second-order valence-corrected chi connectivity index (χ2v) is 18.2. The molecule has 8 aromatic rings. The van der Waals surface area contributed by atoms with Gasteiger partial charge in [-0.05, 0) is 125 Å². The number of benzene rings is 6. The molecule has 18 heteroatoms. The number of aliphatic carboxylic acids is 1. The first-order chi connectivity index (χ1) is 38.0. The minimum absolute atomic E-state index is 0.216. The zero-order valence-corrected chi connectivity index (χ0v) is 45.4. The largest absolute Gasteiger partial charge is 0.497 e. The summed E-state index contributed by atoms with van der Waals surface area (Å²) in [5, 5.41) is 9.41. The zero-order chi connectivity index (χ0) is 56.6. The van der Waals surface area contributed by atoms with Crippen LogP contribution in [0, 0.1) is 27.7 Å². The molecule has 0 radical (unpaired) electrons. The fraction of sp³-hybridized carbons (Fsp3) is 0.246. The summed E-state index contributed by atoms with van der Waals surface area (Å²) in [6.45, 7) is 10.9. The Morgan fingerprint density at radius 1 is 0.506 bits per heavy atom. The lowest BCUT2D eigenvalue weighted by molar-refractivity contribution is -0.142. The van der Waals surface area contributed by atoms with Crippen molar-refractivity contribution in [3.63, 3.8) is 0 Å². The number of carbonyl (C=O) groups is 4. The summed E-state index contributed by atoms with van der Waals surface area (Å²) in [6, 6.07) is 42.4. The topological polar surface area (TPSA) is 212 Å². The van der Waals surface area contributed by atoms with Crippen LogP contribution in [0.2, 0.25) is 0 Å². The lowest BCUT2D eigenvalue weighted by Gasteiger charge is -2.27. The first kappa shape index (κ1) is 57.1. The SMILES string of the molecule is COC(=O)CN(C(=O)Oc1cccc(OC)c1)[C@@H](C)c1ccc(OCc2nc(-c3ccc(C)cc3)oc2C)cc1.COc1cccc(OC(=O)N(CC(=O)O)[C@@H](C)c2ccc(OCc3nc(-c4ccc(C)cc4)oc3C)cc2)c1. The number of amides is 2. The third-order valence-electron chi connectivity index (χ3n) is 12.6. The van der Waals surface area contributed by atoms with Crippen molar-refractivity contribution < 1.29 is 66.3 Å². The van der Waals surface area contributed by atoms with Gasteiger partial charge in [-0.15, -0.1) is 0 Å². The molecule has 8 rings (SSSR count). The van der Waals surface area contributed by atoms with E-state index in [0.29, 0.717) is 69.0 Å². The van der Waals surface area contributed by atoms with Gasteiger partial charge in [0.1, 0.15) is 83.7 Å². The molecule has 0 saturated carbocycles. The first-order valence-corrected chi connectivity index (χ1v) is 25.1. The van der Waals surface area contributed by atoms with Crippen molar-refractivity contribution in [1.82, 2.24) is 19.8 Å². The fourth-order valence-electron chi connectivity index (χ4n) is 7.83. The van der Waals surface area contributed by atoms with Crippen LogP contribution in [-0.2, 0) is 27.5 Å².